The van der Waals surface area contributed by atoms with Crippen molar-refractivity contribution in [3.8, 4) is 0 Å². The van der Waals surface area contributed by atoms with E-state index in [1.165, 1.54) is 38.0 Å². The third kappa shape index (κ3) is 4.41. The summed E-state index contributed by atoms with van der Waals surface area (Å²) in [5.41, 5.74) is 3.35. The van der Waals surface area contributed by atoms with Gasteiger partial charge in [-0.3, -0.25) is 0 Å². The van der Waals surface area contributed by atoms with Crippen LogP contribution in [0, 0.1) is 6.92 Å². The number of piperidine rings is 1. The summed E-state index contributed by atoms with van der Waals surface area (Å²) in [6, 6.07) is 10.7. The largest absolute Gasteiger partial charge is 0.372 e. The van der Waals surface area contributed by atoms with Gasteiger partial charge in [0.05, 0.1) is 0 Å². The van der Waals surface area contributed by atoms with E-state index in [0.29, 0.717) is 0 Å². The van der Waals surface area contributed by atoms with Gasteiger partial charge in [-0.15, -0.1) is 0 Å². The summed E-state index contributed by atoms with van der Waals surface area (Å²) in [5.74, 6) is 1.64. The van der Waals surface area contributed by atoms with Gasteiger partial charge in [-0.1, -0.05) is 0 Å². The average Bonchev–Trinajstić information content (AvgIpc) is 2.64. The van der Waals surface area contributed by atoms with E-state index in [-0.39, 0.29) is 0 Å². The quantitative estimate of drug-likeness (QED) is 0.847. The molecule has 5 nitrogen and oxygen atoms in total. The molecule has 0 atom stereocenters. The smallest absolute Gasteiger partial charge is 0.227 e. The van der Waals surface area contributed by atoms with E-state index in [0.717, 1.165) is 36.2 Å². The zero-order chi connectivity index (χ0) is 17.6. The molecule has 1 saturated heterocycles. The lowest BCUT2D eigenvalue weighted by atomic mass is 10.1. The summed E-state index contributed by atoms with van der Waals surface area (Å²) >= 11 is 0. The topological polar surface area (TPSA) is 44.3 Å². The third-order valence-electron chi connectivity index (χ3n) is 4.75. The normalized spacial score (nSPS) is 14.4. The molecule has 0 spiro atoms. The fraction of sp³-hybridized carbons (Fsp3) is 0.500. The highest BCUT2D eigenvalue weighted by atomic mass is 15.3. The minimum absolute atomic E-state index is 0.789. The first kappa shape index (κ1) is 17.5. The zero-order valence-corrected chi connectivity index (χ0v) is 15.6. The van der Waals surface area contributed by atoms with Crippen molar-refractivity contribution < 1.29 is 0 Å². The van der Waals surface area contributed by atoms with Gasteiger partial charge in [0.1, 0.15) is 5.82 Å². The summed E-state index contributed by atoms with van der Waals surface area (Å²) < 4.78 is 0. The van der Waals surface area contributed by atoms with Crippen LogP contribution in [0.25, 0.3) is 0 Å². The Balaban J connectivity index is 1.73. The molecule has 0 aliphatic carbocycles. The van der Waals surface area contributed by atoms with Crippen molar-refractivity contribution in [1.82, 2.24) is 9.97 Å². The van der Waals surface area contributed by atoms with Crippen molar-refractivity contribution in [2.75, 3.05) is 41.3 Å². The third-order valence-corrected chi connectivity index (χ3v) is 4.75. The highest BCUT2D eigenvalue weighted by molar-refractivity contribution is 5.61. The second-order valence-electron chi connectivity index (χ2n) is 6.59. The van der Waals surface area contributed by atoms with Gasteiger partial charge >= 0.3 is 0 Å². The van der Waals surface area contributed by atoms with Gasteiger partial charge in [0.2, 0.25) is 5.95 Å². The molecule has 1 aromatic carbocycles. The second-order valence-corrected chi connectivity index (χ2v) is 6.59. The van der Waals surface area contributed by atoms with Crippen LogP contribution in [0.4, 0.5) is 23.1 Å². The Morgan fingerprint density at radius 1 is 1.00 bits per heavy atom. The monoisotopic (exact) mass is 339 g/mol. The van der Waals surface area contributed by atoms with Crippen LogP contribution in [0.2, 0.25) is 0 Å². The Morgan fingerprint density at radius 2 is 1.68 bits per heavy atom. The molecule has 0 unspecified atom stereocenters. The van der Waals surface area contributed by atoms with Crippen molar-refractivity contribution in [3.63, 3.8) is 0 Å². The highest BCUT2D eigenvalue weighted by Gasteiger charge is 2.11. The van der Waals surface area contributed by atoms with E-state index in [9.17, 15) is 0 Å². The van der Waals surface area contributed by atoms with E-state index in [2.05, 4.69) is 63.2 Å². The standard InChI is InChI=1S/C20H29N5/c1-4-24(5-2)20-21-16(3)15-19(23-20)22-17-9-11-18(12-10-17)25-13-7-6-8-14-25/h9-12,15H,4-8,13-14H2,1-3H3,(H,21,22,23). The van der Waals surface area contributed by atoms with E-state index in [1.54, 1.807) is 0 Å². The summed E-state index contributed by atoms with van der Waals surface area (Å²) in [5, 5.41) is 3.42. The number of benzene rings is 1. The number of anilines is 4. The molecule has 0 bridgehead atoms. The number of hydrogen-bond acceptors (Lipinski definition) is 5. The molecule has 0 amide bonds. The molecule has 1 aliphatic heterocycles. The highest BCUT2D eigenvalue weighted by Crippen LogP contribution is 2.24. The number of aromatic nitrogens is 2. The summed E-state index contributed by atoms with van der Waals surface area (Å²) in [6.07, 6.45) is 3.96. The second kappa shape index (κ2) is 8.19. The molecular weight excluding hydrogens is 310 g/mol. The number of hydrogen-bond donors (Lipinski definition) is 1. The van der Waals surface area contributed by atoms with Crippen molar-refractivity contribution in [1.29, 1.82) is 0 Å². The summed E-state index contributed by atoms with van der Waals surface area (Å²) in [4.78, 5) is 13.9. The Kier molecular flexibility index (Phi) is 5.74. The first-order valence-electron chi connectivity index (χ1n) is 9.42. The molecule has 25 heavy (non-hydrogen) atoms. The van der Waals surface area contributed by atoms with Crippen LogP contribution in [0.15, 0.2) is 30.3 Å². The summed E-state index contributed by atoms with van der Waals surface area (Å²) in [7, 11) is 0. The fourth-order valence-corrected chi connectivity index (χ4v) is 3.32. The maximum absolute atomic E-state index is 4.68. The minimum Gasteiger partial charge on any atom is -0.372 e. The number of aryl methyl sites for hydroxylation is 1. The maximum Gasteiger partial charge on any atom is 0.227 e. The first-order valence-corrected chi connectivity index (χ1v) is 9.42. The molecule has 1 aliphatic rings. The van der Waals surface area contributed by atoms with Crippen LogP contribution in [0.5, 0.6) is 0 Å². The van der Waals surface area contributed by atoms with Crippen molar-refractivity contribution in [3.05, 3.63) is 36.0 Å². The first-order chi connectivity index (χ1) is 12.2. The molecular formula is C20H29N5. The molecule has 5 heteroatoms. The predicted molar refractivity (Wildman–Crippen MR) is 106 cm³/mol. The molecule has 1 fully saturated rings. The predicted octanol–water partition coefficient (Wildman–Crippen LogP) is 4.37. The SMILES string of the molecule is CCN(CC)c1nc(C)cc(Nc2ccc(N3CCCCC3)cc2)n1. The Hall–Kier alpha value is -2.30. The maximum atomic E-state index is 4.68. The Labute approximate surface area is 151 Å². The van der Waals surface area contributed by atoms with E-state index in [4.69, 9.17) is 0 Å². The lowest BCUT2D eigenvalue weighted by molar-refractivity contribution is 0.578. The molecule has 2 aromatic rings. The van der Waals surface area contributed by atoms with Crippen molar-refractivity contribution in [2.24, 2.45) is 0 Å². The van der Waals surface area contributed by atoms with Crippen molar-refractivity contribution in [2.45, 2.75) is 40.0 Å². The minimum atomic E-state index is 0.789. The fourth-order valence-electron chi connectivity index (χ4n) is 3.32. The molecule has 1 aromatic heterocycles. The van der Waals surface area contributed by atoms with Gasteiger partial charge in [0.25, 0.3) is 0 Å². The molecule has 1 N–H and O–H groups in total. The number of nitrogens with one attached hydrogen (secondary N) is 1. The van der Waals surface area contributed by atoms with Gasteiger partial charge in [0.15, 0.2) is 0 Å². The van der Waals surface area contributed by atoms with E-state index in [1.807, 2.05) is 13.0 Å². The van der Waals surface area contributed by atoms with E-state index < -0.39 is 0 Å². The van der Waals surface area contributed by atoms with Gasteiger partial charge in [-0.2, -0.15) is 4.98 Å². The van der Waals surface area contributed by atoms with Gasteiger partial charge in [0, 0.05) is 49.3 Å². The number of rotatable bonds is 6. The van der Waals surface area contributed by atoms with Crippen LogP contribution in [-0.2, 0) is 0 Å². The van der Waals surface area contributed by atoms with Crippen LogP contribution in [-0.4, -0.2) is 36.1 Å². The Morgan fingerprint density at radius 3 is 2.32 bits per heavy atom. The molecule has 0 saturated carbocycles. The van der Waals surface area contributed by atoms with Crippen LogP contribution >= 0.6 is 0 Å². The number of nitrogens with zero attached hydrogens (tertiary/aromatic N) is 4. The molecule has 0 radical (unpaired) electrons. The Bertz CT molecular complexity index is 673. The van der Waals surface area contributed by atoms with Crippen molar-refractivity contribution >= 4 is 23.1 Å². The van der Waals surface area contributed by atoms with Gasteiger partial charge < -0.3 is 15.1 Å². The molecule has 3 rings (SSSR count). The van der Waals surface area contributed by atoms with Crippen LogP contribution < -0.4 is 15.1 Å². The molecule has 134 valence electrons. The van der Waals surface area contributed by atoms with Gasteiger partial charge in [-0.05, 0) is 64.3 Å². The lowest BCUT2D eigenvalue weighted by Crippen LogP contribution is -2.29. The average molecular weight is 339 g/mol. The van der Waals surface area contributed by atoms with Gasteiger partial charge in [-0.25, -0.2) is 4.98 Å². The van der Waals surface area contributed by atoms with E-state index >= 15 is 0 Å². The summed E-state index contributed by atoms with van der Waals surface area (Å²) in [6.45, 7) is 10.4. The lowest BCUT2D eigenvalue weighted by Gasteiger charge is -2.28. The molecule has 2 heterocycles. The zero-order valence-electron chi connectivity index (χ0n) is 15.6. The van der Waals surface area contributed by atoms with Crippen LogP contribution in [0.3, 0.4) is 0 Å². The van der Waals surface area contributed by atoms with Crippen LogP contribution in [0.1, 0.15) is 38.8 Å².